The molecule has 0 heterocycles. The summed E-state index contributed by atoms with van der Waals surface area (Å²) in [6.07, 6.45) is 10.7. The first kappa shape index (κ1) is 12.1. The van der Waals surface area contributed by atoms with Crippen LogP contribution >= 0.6 is 0 Å². The average molecular weight is 202 g/mol. The molecule has 0 spiro atoms. The van der Waals surface area contributed by atoms with Gasteiger partial charge in [-0.1, -0.05) is 31.2 Å². The van der Waals surface area contributed by atoms with Crippen LogP contribution in [0.4, 0.5) is 0 Å². The van der Waals surface area contributed by atoms with E-state index in [1.54, 1.807) is 0 Å². The molecule has 0 amide bonds. The molecule has 0 nitrogen and oxygen atoms in total. The van der Waals surface area contributed by atoms with Crippen LogP contribution in [0.1, 0.15) is 46.0 Å². The highest BCUT2D eigenvalue weighted by molar-refractivity contribution is 5.07. The summed E-state index contributed by atoms with van der Waals surface area (Å²) in [6, 6.07) is 0. The normalized spacial score (nSPS) is 22.8. The lowest BCUT2D eigenvalue weighted by Crippen LogP contribution is -1.91. The Hall–Kier alpha value is -0.960. The minimum atomic E-state index is 0.693. The van der Waals surface area contributed by atoms with E-state index in [0.29, 0.717) is 5.92 Å². The average Bonchev–Trinajstić information content (AvgIpc) is 2.61. The zero-order valence-electron chi connectivity index (χ0n) is 10.1. The summed E-state index contributed by atoms with van der Waals surface area (Å²) in [5, 5.41) is 0. The standard InChI is InChI=1S/C15H22/c1-4-5-7-13(2)8-6-9-15-11-10-14(3)12-15/h6,9,13,15H,3,7-8,10-12H2,1-2H3/b9-6+. The van der Waals surface area contributed by atoms with Gasteiger partial charge >= 0.3 is 0 Å². The summed E-state index contributed by atoms with van der Waals surface area (Å²) < 4.78 is 0. The molecule has 1 rings (SSSR count). The van der Waals surface area contributed by atoms with Crippen LogP contribution in [0.15, 0.2) is 24.3 Å². The van der Waals surface area contributed by atoms with Gasteiger partial charge in [-0.2, -0.15) is 0 Å². The Balaban J connectivity index is 2.20. The van der Waals surface area contributed by atoms with Crippen molar-refractivity contribution in [3.05, 3.63) is 24.3 Å². The lowest BCUT2D eigenvalue weighted by Gasteiger charge is -2.04. The van der Waals surface area contributed by atoms with Crippen molar-refractivity contribution in [2.24, 2.45) is 11.8 Å². The Bertz CT molecular complexity index is 285. The van der Waals surface area contributed by atoms with Crippen molar-refractivity contribution < 1.29 is 0 Å². The van der Waals surface area contributed by atoms with Crippen molar-refractivity contribution in [3.8, 4) is 11.8 Å². The molecule has 0 bridgehead atoms. The second-order valence-corrected chi connectivity index (χ2v) is 4.65. The van der Waals surface area contributed by atoms with Gasteiger partial charge in [0.05, 0.1) is 0 Å². The monoisotopic (exact) mass is 202 g/mol. The van der Waals surface area contributed by atoms with Crippen LogP contribution in [0.25, 0.3) is 0 Å². The first-order valence-electron chi connectivity index (χ1n) is 5.95. The van der Waals surface area contributed by atoms with Crippen molar-refractivity contribution in [2.75, 3.05) is 0 Å². The summed E-state index contributed by atoms with van der Waals surface area (Å²) in [7, 11) is 0. The fourth-order valence-corrected chi connectivity index (χ4v) is 1.99. The van der Waals surface area contributed by atoms with Crippen LogP contribution < -0.4 is 0 Å². The summed E-state index contributed by atoms with van der Waals surface area (Å²) in [5.74, 6) is 7.54. The molecule has 0 heteroatoms. The summed E-state index contributed by atoms with van der Waals surface area (Å²) in [5.41, 5.74) is 1.43. The zero-order valence-corrected chi connectivity index (χ0v) is 10.1. The fourth-order valence-electron chi connectivity index (χ4n) is 1.99. The Kier molecular flexibility index (Phi) is 5.26. The van der Waals surface area contributed by atoms with E-state index in [1.165, 1.54) is 24.8 Å². The number of rotatable bonds is 4. The van der Waals surface area contributed by atoms with Crippen molar-refractivity contribution in [1.29, 1.82) is 0 Å². The maximum absolute atomic E-state index is 4.04. The van der Waals surface area contributed by atoms with E-state index in [-0.39, 0.29) is 0 Å². The van der Waals surface area contributed by atoms with E-state index in [1.807, 2.05) is 6.92 Å². The SMILES string of the molecule is C=C1CCC(/C=C/CC(C)CC#CC)C1. The molecule has 0 N–H and O–H groups in total. The molecule has 1 aliphatic rings. The highest BCUT2D eigenvalue weighted by atomic mass is 14.2. The smallest absolute Gasteiger partial charge is 0.0117 e. The number of allylic oxidation sites excluding steroid dienone is 3. The molecule has 0 aromatic carbocycles. The molecule has 0 aromatic heterocycles. The first-order chi connectivity index (χ1) is 7.22. The lowest BCUT2D eigenvalue weighted by molar-refractivity contribution is 0.605. The molecule has 1 saturated carbocycles. The summed E-state index contributed by atoms with van der Waals surface area (Å²) >= 11 is 0. The topological polar surface area (TPSA) is 0 Å². The maximum atomic E-state index is 4.04. The largest absolute Gasteiger partial charge is 0.107 e. The van der Waals surface area contributed by atoms with Gasteiger partial charge in [0, 0.05) is 6.42 Å². The lowest BCUT2D eigenvalue weighted by atomic mass is 10.0. The van der Waals surface area contributed by atoms with Crippen LogP contribution in [-0.4, -0.2) is 0 Å². The van der Waals surface area contributed by atoms with Crippen molar-refractivity contribution in [2.45, 2.75) is 46.0 Å². The number of hydrogen-bond acceptors (Lipinski definition) is 0. The van der Waals surface area contributed by atoms with E-state index < -0.39 is 0 Å². The van der Waals surface area contributed by atoms with Crippen LogP contribution in [0.2, 0.25) is 0 Å². The maximum Gasteiger partial charge on any atom is 0.0117 e. The highest BCUT2D eigenvalue weighted by Crippen LogP contribution is 2.29. The molecule has 2 atom stereocenters. The molecule has 0 radical (unpaired) electrons. The van der Waals surface area contributed by atoms with Crippen LogP contribution in [0.3, 0.4) is 0 Å². The Morgan fingerprint density at radius 2 is 2.40 bits per heavy atom. The number of hydrogen-bond donors (Lipinski definition) is 0. The van der Waals surface area contributed by atoms with Gasteiger partial charge in [0.2, 0.25) is 0 Å². The minimum Gasteiger partial charge on any atom is -0.107 e. The van der Waals surface area contributed by atoms with Gasteiger partial charge in [-0.05, 0) is 44.4 Å². The fraction of sp³-hybridized carbons (Fsp3) is 0.600. The molecule has 1 fully saturated rings. The van der Waals surface area contributed by atoms with Crippen LogP contribution in [-0.2, 0) is 0 Å². The van der Waals surface area contributed by atoms with Gasteiger partial charge in [0.25, 0.3) is 0 Å². The third kappa shape index (κ3) is 4.88. The minimum absolute atomic E-state index is 0.693. The molecule has 1 aliphatic carbocycles. The molecule has 0 aromatic rings. The molecule has 0 aliphatic heterocycles. The summed E-state index contributed by atoms with van der Waals surface area (Å²) in [4.78, 5) is 0. The molecule has 0 saturated heterocycles. The zero-order chi connectivity index (χ0) is 11.1. The van der Waals surface area contributed by atoms with Crippen molar-refractivity contribution in [3.63, 3.8) is 0 Å². The third-order valence-electron chi connectivity index (χ3n) is 2.99. The van der Waals surface area contributed by atoms with Gasteiger partial charge in [-0.3, -0.25) is 0 Å². The third-order valence-corrected chi connectivity index (χ3v) is 2.99. The van der Waals surface area contributed by atoms with Gasteiger partial charge in [-0.25, -0.2) is 0 Å². The molecular formula is C15H22. The van der Waals surface area contributed by atoms with Gasteiger partial charge < -0.3 is 0 Å². The first-order valence-corrected chi connectivity index (χ1v) is 5.95. The van der Waals surface area contributed by atoms with Gasteiger partial charge in [-0.15, -0.1) is 11.8 Å². The van der Waals surface area contributed by atoms with Crippen LogP contribution in [0.5, 0.6) is 0 Å². The summed E-state index contributed by atoms with van der Waals surface area (Å²) in [6.45, 7) is 8.21. The van der Waals surface area contributed by atoms with E-state index in [9.17, 15) is 0 Å². The quantitative estimate of drug-likeness (QED) is 0.470. The second-order valence-electron chi connectivity index (χ2n) is 4.65. The molecule has 82 valence electrons. The van der Waals surface area contributed by atoms with E-state index >= 15 is 0 Å². The predicted molar refractivity (Wildman–Crippen MR) is 67.5 cm³/mol. The van der Waals surface area contributed by atoms with Gasteiger partial charge in [0.1, 0.15) is 0 Å². The predicted octanol–water partition coefficient (Wildman–Crippen LogP) is 4.34. The van der Waals surface area contributed by atoms with E-state index in [0.717, 1.165) is 18.8 Å². The Morgan fingerprint density at radius 1 is 1.60 bits per heavy atom. The molecule has 2 unspecified atom stereocenters. The van der Waals surface area contributed by atoms with Crippen LogP contribution in [0, 0.1) is 23.7 Å². The van der Waals surface area contributed by atoms with Crippen molar-refractivity contribution in [1.82, 2.24) is 0 Å². The highest BCUT2D eigenvalue weighted by Gasteiger charge is 2.14. The Labute approximate surface area is 94.5 Å². The molecular weight excluding hydrogens is 180 g/mol. The van der Waals surface area contributed by atoms with Crippen molar-refractivity contribution >= 4 is 0 Å². The van der Waals surface area contributed by atoms with E-state index in [2.05, 4.69) is 37.5 Å². The van der Waals surface area contributed by atoms with E-state index in [4.69, 9.17) is 0 Å². The Morgan fingerprint density at radius 3 is 3.00 bits per heavy atom. The van der Waals surface area contributed by atoms with Gasteiger partial charge in [0.15, 0.2) is 0 Å². The second kappa shape index (κ2) is 6.51. The molecule has 15 heavy (non-hydrogen) atoms.